The highest BCUT2D eigenvalue weighted by atomic mass is 16.2. The summed E-state index contributed by atoms with van der Waals surface area (Å²) >= 11 is 0. The lowest BCUT2D eigenvalue weighted by molar-refractivity contribution is -0.132. The minimum absolute atomic E-state index is 0.355. The van der Waals surface area contributed by atoms with Crippen LogP contribution >= 0.6 is 0 Å². The summed E-state index contributed by atoms with van der Waals surface area (Å²) in [7, 11) is 0. The van der Waals surface area contributed by atoms with Crippen LogP contribution in [0.5, 0.6) is 0 Å². The summed E-state index contributed by atoms with van der Waals surface area (Å²) in [5.41, 5.74) is 0. The molecule has 3 rings (SSSR count). The van der Waals surface area contributed by atoms with E-state index in [1.54, 1.807) is 0 Å². The number of fused-ring (bicyclic) bond motifs is 1. The van der Waals surface area contributed by atoms with Crippen LogP contribution < -0.4 is 5.32 Å². The average molecular weight is 265 g/mol. The summed E-state index contributed by atoms with van der Waals surface area (Å²) < 4.78 is 0. The predicted octanol–water partition coefficient (Wildman–Crippen LogP) is 1.22. The Hall–Kier alpha value is -0.610. The lowest BCUT2D eigenvalue weighted by atomic mass is 10.1. The van der Waals surface area contributed by atoms with Crippen molar-refractivity contribution in [2.75, 3.05) is 32.7 Å². The zero-order valence-corrected chi connectivity index (χ0v) is 11.9. The number of piperidine rings is 1. The third-order valence-electron chi connectivity index (χ3n) is 5.06. The molecular weight excluding hydrogens is 238 g/mol. The van der Waals surface area contributed by atoms with E-state index in [4.69, 9.17) is 0 Å². The SMILES string of the molecule is O=C(CCNC1CCN2CCCC12)N1CCCCC1. The topological polar surface area (TPSA) is 35.6 Å². The predicted molar refractivity (Wildman–Crippen MR) is 76.1 cm³/mol. The van der Waals surface area contributed by atoms with E-state index in [0.29, 0.717) is 18.4 Å². The largest absolute Gasteiger partial charge is 0.343 e. The Kier molecular flexibility index (Phi) is 4.38. The van der Waals surface area contributed by atoms with Gasteiger partial charge >= 0.3 is 0 Å². The van der Waals surface area contributed by atoms with Gasteiger partial charge in [0, 0.05) is 44.7 Å². The highest BCUT2D eigenvalue weighted by Crippen LogP contribution is 2.27. The minimum Gasteiger partial charge on any atom is -0.343 e. The van der Waals surface area contributed by atoms with Crippen molar-refractivity contribution in [1.29, 1.82) is 0 Å². The van der Waals surface area contributed by atoms with Crippen molar-refractivity contribution in [2.45, 2.75) is 57.0 Å². The van der Waals surface area contributed by atoms with E-state index in [-0.39, 0.29) is 0 Å². The molecule has 0 radical (unpaired) electrons. The molecule has 2 atom stereocenters. The lowest BCUT2D eigenvalue weighted by Gasteiger charge is -2.27. The van der Waals surface area contributed by atoms with Crippen molar-refractivity contribution in [3.05, 3.63) is 0 Å². The molecule has 0 spiro atoms. The van der Waals surface area contributed by atoms with Crippen molar-refractivity contribution in [1.82, 2.24) is 15.1 Å². The molecule has 2 unspecified atom stereocenters. The minimum atomic E-state index is 0.355. The molecule has 3 aliphatic heterocycles. The molecule has 0 aromatic carbocycles. The van der Waals surface area contributed by atoms with E-state index in [9.17, 15) is 4.79 Å². The first kappa shape index (κ1) is 13.4. The molecule has 1 N–H and O–H groups in total. The molecule has 0 saturated carbocycles. The number of carbonyl (C=O) groups is 1. The van der Waals surface area contributed by atoms with E-state index in [1.165, 1.54) is 51.6 Å². The van der Waals surface area contributed by atoms with Crippen LogP contribution in [0.2, 0.25) is 0 Å². The number of nitrogens with one attached hydrogen (secondary N) is 1. The molecule has 3 fully saturated rings. The Morgan fingerprint density at radius 1 is 1.00 bits per heavy atom. The molecule has 3 saturated heterocycles. The van der Waals surface area contributed by atoms with Gasteiger partial charge in [0.15, 0.2) is 0 Å². The summed E-state index contributed by atoms with van der Waals surface area (Å²) in [6.45, 7) is 5.37. The Morgan fingerprint density at radius 3 is 2.68 bits per heavy atom. The highest BCUT2D eigenvalue weighted by molar-refractivity contribution is 5.76. The Balaban J connectivity index is 1.37. The smallest absolute Gasteiger partial charge is 0.223 e. The first-order valence-corrected chi connectivity index (χ1v) is 8.10. The second-order valence-electron chi connectivity index (χ2n) is 6.29. The molecular formula is C15H27N3O. The Morgan fingerprint density at radius 2 is 1.84 bits per heavy atom. The number of carbonyl (C=O) groups excluding carboxylic acids is 1. The molecule has 19 heavy (non-hydrogen) atoms. The van der Waals surface area contributed by atoms with E-state index in [0.717, 1.165) is 25.7 Å². The highest BCUT2D eigenvalue weighted by Gasteiger charge is 2.36. The van der Waals surface area contributed by atoms with E-state index in [1.807, 2.05) is 0 Å². The third-order valence-corrected chi connectivity index (χ3v) is 5.06. The summed E-state index contributed by atoms with van der Waals surface area (Å²) in [6, 6.07) is 1.39. The van der Waals surface area contributed by atoms with Gasteiger partial charge in [-0.2, -0.15) is 0 Å². The zero-order valence-electron chi connectivity index (χ0n) is 11.9. The molecule has 1 amide bonds. The van der Waals surface area contributed by atoms with Crippen LogP contribution in [-0.4, -0.2) is 60.5 Å². The zero-order chi connectivity index (χ0) is 13.1. The lowest BCUT2D eigenvalue weighted by Crippen LogP contribution is -2.42. The average Bonchev–Trinajstić information content (AvgIpc) is 3.04. The van der Waals surface area contributed by atoms with Gasteiger partial charge < -0.3 is 10.2 Å². The van der Waals surface area contributed by atoms with Gasteiger partial charge in [0.1, 0.15) is 0 Å². The van der Waals surface area contributed by atoms with E-state index in [2.05, 4.69) is 15.1 Å². The monoisotopic (exact) mass is 265 g/mol. The molecule has 3 aliphatic rings. The van der Waals surface area contributed by atoms with Crippen LogP contribution in [0.15, 0.2) is 0 Å². The number of amides is 1. The normalized spacial score (nSPS) is 31.7. The summed E-state index contributed by atoms with van der Waals surface area (Å²) in [5.74, 6) is 0.355. The van der Waals surface area contributed by atoms with E-state index < -0.39 is 0 Å². The maximum Gasteiger partial charge on any atom is 0.223 e. The van der Waals surface area contributed by atoms with Crippen molar-refractivity contribution >= 4 is 5.91 Å². The summed E-state index contributed by atoms with van der Waals surface area (Å²) in [5, 5.41) is 3.63. The molecule has 108 valence electrons. The van der Waals surface area contributed by atoms with Gasteiger partial charge in [-0.05, 0) is 45.1 Å². The first-order valence-electron chi connectivity index (χ1n) is 8.10. The molecule has 4 heteroatoms. The van der Waals surface area contributed by atoms with Gasteiger partial charge in [0.25, 0.3) is 0 Å². The second-order valence-corrected chi connectivity index (χ2v) is 6.29. The summed E-state index contributed by atoms with van der Waals surface area (Å²) in [6.07, 6.45) is 8.33. The molecule has 3 heterocycles. The fourth-order valence-electron chi connectivity index (χ4n) is 3.99. The quantitative estimate of drug-likeness (QED) is 0.830. The van der Waals surface area contributed by atoms with Crippen molar-refractivity contribution in [2.24, 2.45) is 0 Å². The van der Waals surface area contributed by atoms with Crippen LogP contribution in [0.4, 0.5) is 0 Å². The van der Waals surface area contributed by atoms with Crippen molar-refractivity contribution < 1.29 is 4.79 Å². The first-order chi connectivity index (χ1) is 9.34. The van der Waals surface area contributed by atoms with Gasteiger partial charge in [-0.25, -0.2) is 0 Å². The van der Waals surface area contributed by atoms with Crippen molar-refractivity contribution in [3.63, 3.8) is 0 Å². The standard InChI is InChI=1S/C15H27N3O/c19-15(18-9-2-1-3-10-18)6-8-16-13-7-12-17-11-4-5-14(13)17/h13-14,16H,1-12H2. The maximum absolute atomic E-state index is 12.1. The van der Waals surface area contributed by atoms with Gasteiger partial charge in [0.05, 0.1) is 0 Å². The molecule has 4 nitrogen and oxygen atoms in total. The number of likely N-dealkylation sites (tertiary alicyclic amines) is 1. The van der Waals surface area contributed by atoms with Gasteiger partial charge in [-0.15, -0.1) is 0 Å². The van der Waals surface area contributed by atoms with Gasteiger partial charge in [-0.3, -0.25) is 9.69 Å². The molecule has 0 aromatic rings. The number of nitrogens with zero attached hydrogens (tertiary/aromatic N) is 2. The number of hydrogen-bond donors (Lipinski definition) is 1. The van der Waals surface area contributed by atoms with E-state index >= 15 is 0 Å². The van der Waals surface area contributed by atoms with Crippen LogP contribution in [-0.2, 0) is 4.79 Å². The number of rotatable bonds is 4. The van der Waals surface area contributed by atoms with Gasteiger partial charge in [-0.1, -0.05) is 0 Å². The van der Waals surface area contributed by atoms with Crippen molar-refractivity contribution in [3.8, 4) is 0 Å². The Labute approximate surface area is 116 Å². The third kappa shape index (κ3) is 3.11. The fraction of sp³-hybridized carbons (Fsp3) is 0.933. The second kappa shape index (κ2) is 6.23. The molecule has 0 aliphatic carbocycles. The van der Waals surface area contributed by atoms with Crippen LogP contribution in [0.25, 0.3) is 0 Å². The van der Waals surface area contributed by atoms with Gasteiger partial charge in [0.2, 0.25) is 5.91 Å². The maximum atomic E-state index is 12.1. The van der Waals surface area contributed by atoms with Crippen LogP contribution in [0.1, 0.15) is 44.9 Å². The Bertz CT molecular complexity index is 315. The summed E-state index contributed by atoms with van der Waals surface area (Å²) in [4.78, 5) is 16.7. The molecule has 0 bridgehead atoms. The number of hydrogen-bond acceptors (Lipinski definition) is 3. The van der Waals surface area contributed by atoms with Crippen LogP contribution in [0.3, 0.4) is 0 Å². The fourth-order valence-corrected chi connectivity index (χ4v) is 3.99. The van der Waals surface area contributed by atoms with Crippen LogP contribution in [0, 0.1) is 0 Å². The molecule has 0 aromatic heterocycles.